The lowest BCUT2D eigenvalue weighted by molar-refractivity contribution is -0.132. The van der Waals surface area contributed by atoms with Gasteiger partial charge < -0.3 is 4.90 Å². The van der Waals surface area contributed by atoms with Crippen molar-refractivity contribution < 1.29 is 13.2 Å². The molecule has 1 atom stereocenters. The molecule has 2 aromatic carbocycles. The van der Waals surface area contributed by atoms with Crippen LogP contribution in [-0.4, -0.2) is 49.7 Å². The van der Waals surface area contributed by atoms with Crippen LogP contribution in [-0.2, 0) is 14.8 Å². The third-order valence-corrected chi connectivity index (χ3v) is 7.00. The van der Waals surface area contributed by atoms with Gasteiger partial charge in [0.25, 0.3) is 0 Å². The van der Waals surface area contributed by atoms with Crippen LogP contribution in [0.15, 0.2) is 59.5 Å². The summed E-state index contributed by atoms with van der Waals surface area (Å²) in [6.45, 7) is 3.42. The molecule has 144 valence electrons. The Balaban J connectivity index is 1.59. The van der Waals surface area contributed by atoms with Gasteiger partial charge in [-0.2, -0.15) is 4.31 Å². The first kappa shape index (κ1) is 19.9. The van der Waals surface area contributed by atoms with Gasteiger partial charge in [0.1, 0.15) is 0 Å². The Hall–Kier alpha value is -1.89. The number of sulfonamides is 1. The number of amides is 1. The molecule has 1 saturated heterocycles. The van der Waals surface area contributed by atoms with Crippen LogP contribution in [0.4, 0.5) is 0 Å². The molecule has 0 aliphatic carbocycles. The number of carbonyl (C=O) groups is 1. The van der Waals surface area contributed by atoms with Crippen LogP contribution in [0, 0.1) is 0 Å². The van der Waals surface area contributed by atoms with Crippen molar-refractivity contribution in [2.24, 2.45) is 0 Å². The molecule has 1 aliphatic rings. The molecule has 0 spiro atoms. The van der Waals surface area contributed by atoms with E-state index in [1.807, 2.05) is 37.3 Å². The van der Waals surface area contributed by atoms with E-state index in [0.29, 0.717) is 37.6 Å². The lowest BCUT2D eigenvalue weighted by Crippen LogP contribution is -2.50. The van der Waals surface area contributed by atoms with Gasteiger partial charge in [0, 0.05) is 37.6 Å². The van der Waals surface area contributed by atoms with Gasteiger partial charge >= 0.3 is 0 Å². The minimum atomic E-state index is -3.59. The van der Waals surface area contributed by atoms with Crippen LogP contribution in [0.25, 0.3) is 0 Å². The van der Waals surface area contributed by atoms with E-state index in [9.17, 15) is 13.2 Å². The molecular formula is C20H23ClN2O3S. The van der Waals surface area contributed by atoms with E-state index >= 15 is 0 Å². The number of nitrogens with zero attached hydrogens (tertiary/aromatic N) is 2. The minimum Gasteiger partial charge on any atom is -0.340 e. The first-order chi connectivity index (χ1) is 12.9. The van der Waals surface area contributed by atoms with Gasteiger partial charge in [0.15, 0.2) is 0 Å². The first-order valence-corrected chi connectivity index (χ1v) is 10.8. The number of piperazine rings is 1. The molecule has 1 heterocycles. The number of hydrogen-bond donors (Lipinski definition) is 0. The van der Waals surface area contributed by atoms with Crippen LogP contribution in [0.5, 0.6) is 0 Å². The van der Waals surface area contributed by atoms with Crippen molar-refractivity contribution >= 4 is 27.5 Å². The number of halogens is 1. The zero-order valence-corrected chi connectivity index (χ0v) is 16.8. The topological polar surface area (TPSA) is 57.7 Å². The smallest absolute Gasteiger partial charge is 0.243 e. The minimum absolute atomic E-state index is 0.0613. The Morgan fingerprint density at radius 3 is 2.33 bits per heavy atom. The van der Waals surface area contributed by atoms with E-state index in [1.54, 1.807) is 23.1 Å². The van der Waals surface area contributed by atoms with Gasteiger partial charge in [-0.25, -0.2) is 8.42 Å². The second-order valence-electron chi connectivity index (χ2n) is 6.76. The third kappa shape index (κ3) is 4.69. The van der Waals surface area contributed by atoms with Crippen molar-refractivity contribution in [1.29, 1.82) is 0 Å². The van der Waals surface area contributed by atoms with E-state index in [0.717, 1.165) is 5.56 Å². The Kier molecular flexibility index (Phi) is 6.19. The summed E-state index contributed by atoms with van der Waals surface area (Å²) < 4.78 is 26.9. The van der Waals surface area contributed by atoms with E-state index in [4.69, 9.17) is 11.6 Å². The summed E-state index contributed by atoms with van der Waals surface area (Å²) in [5.41, 5.74) is 1.13. The van der Waals surface area contributed by atoms with Crippen molar-refractivity contribution in [2.45, 2.75) is 24.2 Å². The number of carbonyl (C=O) groups excluding carboxylic acids is 1. The van der Waals surface area contributed by atoms with Gasteiger partial charge in [-0.3, -0.25) is 4.79 Å². The van der Waals surface area contributed by atoms with Crippen LogP contribution >= 0.6 is 11.6 Å². The third-order valence-electron chi connectivity index (χ3n) is 4.87. The average Bonchev–Trinajstić information content (AvgIpc) is 2.68. The SMILES string of the molecule is C[C@H](CC(=O)N1CCN(S(=O)(=O)c2cccc(Cl)c2)CC1)c1ccccc1. The fraction of sp³-hybridized carbons (Fsp3) is 0.350. The molecule has 0 saturated carbocycles. The van der Waals surface area contributed by atoms with Gasteiger partial charge in [0.05, 0.1) is 4.90 Å². The highest BCUT2D eigenvalue weighted by Gasteiger charge is 2.30. The Labute approximate surface area is 165 Å². The summed E-state index contributed by atoms with van der Waals surface area (Å²) >= 11 is 5.92. The largest absolute Gasteiger partial charge is 0.340 e. The average molecular weight is 407 g/mol. The van der Waals surface area contributed by atoms with E-state index < -0.39 is 10.0 Å². The maximum Gasteiger partial charge on any atom is 0.243 e. The van der Waals surface area contributed by atoms with Crippen LogP contribution in [0.1, 0.15) is 24.8 Å². The molecule has 1 fully saturated rings. The quantitative estimate of drug-likeness (QED) is 0.764. The van der Waals surface area contributed by atoms with Crippen LogP contribution < -0.4 is 0 Å². The summed E-state index contributed by atoms with van der Waals surface area (Å²) in [6, 6.07) is 16.2. The fourth-order valence-corrected chi connectivity index (χ4v) is 4.97. The first-order valence-electron chi connectivity index (χ1n) is 8.96. The normalized spacial score (nSPS) is 16.9. The molecule has 2 aromatic rings. The molecular weight excluding hydrogens is 384 g/mol. The van der Waals surface area contributed by atoms with Crippen molar-refractivity contribution in [3.8, 4) is 0 Å². The second kappa shape index (κ2) is 8.42. The fourth-order valence-electron chi connectivity index (χ4n) is 3.24. The van der Waals surface area contributed by atoms with Crippen LogP contribution in [0.3, 0.4) is 0 Å². The maximum atomic E-state index is 12.7. The van der Waals surface area contributed by atoms with Crippen molar-refractivity contribution in [2.75, 3.05) is 26.2 Å². The van der Waals surface area contributed by atoms with Gasteiger partial charge in [-0.05, 0) is 29.7 Å². The molecule has 1 amide bonds. The predicted octanol–water partition coefficient (Wildman–Crippen LogP) is 3.37. The standard InChI is InChI=1S/C20H23ClN2O3S/c1-16(17-6-3-2-4-7-17)14-20(24)22-10-12-23(13-11-22)27(25,26)19-9-5-8-18(21)15-19/h2-9,15-16H,10-14H2,1H3/t16-/m1/s1. The van der Waals surface area contributed by atoms with Gasteiger partial charge in [-0.15, -0.1) is 0 Å². The number of hydrogen-bond acceptors (Lipinski definition) is 3. The Bertz CT molecular complexity index is 894. The summed E-state index contributed by atoms with van der Waals surface area (Å²) in [7, 11) is -3.59. The highest BCUT2D eigenvalue weighted by Crippen LogP contribution is 2.23. The zero-order chi connectivity index (χ0) is 19.4. The van der Waals surface area contributed by atoms with Gasteiger partial charge in [0.2, 0.25) is 15.9 Å². The summed E-state index contributed by atoms with van der Waals surface area (Å²) in [6.07, 6.45) is 0.422. The molecule has 0 radical (unpaired) electrons. The molecule has 1 aliphatic heterocycles. The summed E-state index contributed by atoms with van der Waals surface area (Å²) in [5.74, 6) is 0.193. The molecule has 0 unspecified atom stereocenters. The molecule has 27 heavy (non-hydrogen) atoms. The van der Waals surface area contributed by atoms with E-state index in [2.05, 4.69) is 0 Å². The Morgan fingerprint density at radius 2 is 1.70 bits per heavy atom. The molecule has 3 rings (SSSR count). The summed E-state index contributed by atoms with van der Waals surface area (Å²) in [4.78, 5) is 14.5. The molecule has 0 bridgehead atoms. The highest BCUT2D eigenvalue weighted by atomic mass is 35.5. The Morgan fingerprint density at radius 1 is 1.04 bits per heavy atom. The molecule has 0 aromatic heterocycles. The maximum absolute atomic E-state index is 12.7. The van der Waals surface area contributed by atoms with Gasteiger partial charge in [-0.1, -0.05) is 54.9 Å². The molecule has 7 heteroatoms. The zero-order valence-electron chi connectivity index (χ0n) is 15.2. The molecule has 0 N–H and O–H groups in total. The van der Waals surface area contributed by atoms with E-state index in [-0.39, 0.29) is 16.7 Å². The predicted molar refractivity (Wildman–Crippen MR) is 106 cm³/mol. The monoisotopic (exact) mass is 406 g/mol. The van der Waals surface area contributed by atoms with Crippen molar-refractivity contribution in [3.05, 3.63) is 65.2 Å². The van der Waals surface area contributed by atoms with Crippen molar-refractivity contribution in [1.82, 2.24) is 9.21 Å². The lowest BCUT2D eigenvalue weighted by atomic mass is 9.97. The number of rotatable bonds is 5. The lowest BCUT2D eigenvalue weighted by Gasteiger charge is -2.34. The highest BCUT2D eigenvalue weighted by molar-refractivity contribution is 7.89. The number of benzene rings is 2. The second-order valence-corrected chi connectivity index (χ2v) is 9.13. The van der Waals surface area contributed by atoms with E-state index in [1.165, 1.54) is 10.4 Å². The molecule has 5 nitrogen and oxygen atoms in total. The van der Waals surface area contributed by atoms with Crippen LogP contribution in [0.2, 0.25) is 5.02 Å². The summed E-state index contributed by atoms with van der Waals surface area (Å²) in [5, 5.41) is 0.389. The van der Waals surface area contributed by atoms with Crippen molar-refractivity contribution in [3.63, 3.8) is 0 Å².